The third-order valence-corrected chi connectivity index (χ3v) is 3.05. The van der Waals surface area contributed by atoms with Crippen molar-refractivity contribution in [3.05, 3.63) is 0 Å². The van der Waals surface area contributed by atoms with E-state index >= 15 is 0 Å². The minimum atomic E-state index is -0.627. The molecule has 1 N–H and O–H groups in total. The van der Waals surface area contributed by atoms with E-state index in [0.717, 1.165) is 25.9 Å². The second-order valence-electron chi connectivity index (χ2n) is 5.98. The van der Waals surface area contributed by atoms with Crippen LogP contribution >= 0.6 is 0 Å². The summed E-state index contributed by atoms with van der Waals surface area (Å²) in [7, 11) is 0. The lowest BCUT2D eigenvalue weighted by atomic mass is 9.96. The van der Waals surface area contributed by atoms with Gasteiger partial charge in [-0.3, -0.25) is 4.79 Å². The van der Waals surface area contributed by atoms with Gasteiger partial charge in [0.25, 0.3) is 5.91 Å². The molecule has 1 atom stereocenters. The summed E-state index contributed by atoms with van der Waals surface area (Å²) in [5.74, 6) is 0.0371. The molecule has 4 heteroatoms. The van der Waals surface area contributed by atoms with E-state index < -0.39 is 6.10 Å². The van der Waals surface area contributed by atoms with Crippen LogP contribution in [0.15, 0.2) is 0 Å². The summed E-state index contributed by atoms with van der Waals surface area (Å²) < 4.78 is 0.487. The van der Waals surface area contributed by atoms with E-state index in [1.165, 1.54) is 0 Å². The van der Waals surface area contributed by atoms with Gasteiger partial charge in [-0.1, -0.05) is 33.8 Å². The summed E-state index contributed by atoms with van der Waals surface area (Å²) >= 11 is 0. The van der Waals surface area contributed by atoms with Gasteiger partial charge in [0.05, 0.1) is 6.54 Å². The van der Waals surface area contributed by atoms with Gasteiger partial charge in [-0.2, -0.15) is 0 Å². The molecule has 0 saturated carbocycles. The highest BCUT2D eigenvalue weighted by molar-refractivity contribution is 5.80. The Morgan fingerprint density at radius 3 is 2.25 bits per heavy atom. The second kappa shape index (κ2) is 4.72. The molecular weight excluding hydrogens is 204 g/mol. The molecule has 1 heterocycles. The molecule has 1 aliphatic rings. The maximum atomic E-state index is 12.0. The normalized spacial score (nSPS) is 21.8. The number of nitrogens with one attached hydrogen (secondary N) is 1. The number of likely N-dealkylation sites (tertiary alicyclic amines) is 1. The fourth-order valence-corrected chi connectivity index (χ4v) is 2.16. The molecule has 0 aromatic heterocycles. The molecule has 1 rings (SSSR count). The van der Waals surface area contributed by atoms with Gasteiger partial charge in [-0.05, 0) is 0 Å². The smallest absolute Gasteiger partial charge is 0.270 e. The van der Waals surface area contributed by atoms with Gasteiger partial charge in [-0.15, -0.1) is 0 Å². The molecule has 1 saturated heterocycles. The first-order valence-corrected chi connectivity index (χ1v) is 6.10. The number of carbonyl (C=O) groups excluding carboxylic acids is 1. The molecule has 0 aromatic rings. The number of hydrogen-bond acceptors (Lipinski definition) is 2. The summed E-state index contributed by atoms with van der Waals surface area (Å²) in [4.78, 5) is 12.0. The zero-order chi connectivity index (χ0) is 12.4. The first kappa shape index (κ1) is 13.5. The van der Waals surface area contributed by atoms with Gasteiger partial charge < -0.3 is 5.11 Å². The molecule has 1 amide bonds. The third-order valence-electron chi connectivity index (χ3n) is 3.05. The van der Waals surface area contributed by atoms with Crippen LogP contribution in [-0.4, -0.2) is 36.2 Å². The molecule has 0 aromatic carbocycles. The lowest BCUT2D eigenvalue weighted by Gasteiger charge is -2.38. The Bertz CT molecular complexity index is 250. The van der Waals surface area contributed by atoms with E-state index in [2.05, 4.69) is 5.43 Å². The van der Waals surface area contributed by atoms with Crippen molar-refractivity contribution in [2.45, 2.75) is 46.6 Å². The standard InChI is InChI=1S/C12H24N2O2/c1-10(15)9-14(7-5-6-8-14)13-11(16)12(2,3)4/h10H,5-9H2,1-4H3,(H,13,16). The predicted molar refractivity (Wildman–Crippen MR) is 61.2 cm³/mol. The van der Waals surface area contributed by atoms with Crippen LogP contribution in [0, 0.1) is 5.41 Å². The highest BCUT2D eigenvalue weighted by Crippen LogP contribution is 2.20. The fraction of sp³-hybridized carbons (Fsp3) is 0.917. The van der Waals surface area contributed by atoms with Crippen molar-refractivity contribution in [2.75, 3.05) is 19.6 Å². The molecule has 1 fully saturated rings. The van der Waals surface area contributed by atoms with Gasteiger partial charge in [0.2, 0.25) is 0 Å². The van der Waals surface area contributed by atoms with E-state index in [1.54, 1.807) is 6.92 Å². The maximum Gasteiger partial charge on any atom is 0.270 e. The number of nitrogens with zero attached hydrogens (tertiary/aromatic N) is 1. The Morgan fingerprint density at radius 2 is 1.88 bits per heavy atom. The van der Waals surface area contributed by atoms with Gasteiger partial charge in [-0.25, -0.2) is 10.0 Å². The van der Waals surface area contributed by atoms with Crippen molar-refractivity contribution in [2.24, 2.45) is 5.41 Å². The van der Waals surface area contributed by atoms with Gasteiger partial charge in [0.15, 0.2) is 0 Å². The summed E-state index contributed by atoms with van der Waals surface area (Å²) in [5, 5.41) is 11.4. The number of rotatable bonds is 3. The average Bonchev–Trinajstić information content (AvgIpc) is 2.49. The van der Waals surface area contributed by atoms with Crippen molar-refractivity contribution in [1.29, 1.82) is 0 Å². The van der Waals surface area contributed by atoms with Crippen LogP contribution in [-0.2, 0) is 4.79 Å². The molecule has 0 bridgehead atoms. The van der Waals surface area contributed by atoms with Crippen LogP contribution in [0.3, 0.4) is 0 Å². The van der Waals surface area contributed by atoms with Crippen LogP contribution < -0.4 is 10.5 Å². The van der Waals surface area contributed by atoms with E-state index in [0.29, 0.717) is 11.1 Å². The van der Waals surface area contributed by atoms with Gasteiger partial charge in [0, 0.05) is 18.3 Å². The summed E-state index contributed by atoms with van der Waals surface area (Å²) in [6, 6.07) is 0. The van der Waals surface area contributed by atoms with Crippen LogP contribution in [0.2, 0.25) is 0 Å². The van der Waals surface area contributed by atoms with Crippen molar-refractivity contribution < 1.29 is 14.5 Å². The van der Waals surface area contributed by atoms with Crippen LogP contribution in [0.5, 0.6) is 0 Å². The van der Waals surface area contributed by atoms with Gasteiger partial charge >= 0.3 is 0 Å². The Morgan fingerprint density at radius 1 is 1.38 bits per heavy atom. The van der Waals surface area contributed by atoms with E-state index in [-0.39, 0.29) is 11.3 Å². The van der Waals surface area contributed by atoms with Crippen LogP contribution in [0.4, 0.5) is 0 Å². The van der Waals surface area contributed by atoms with Crippen molar-refractivity contribution in [1.82, 2.24) is 5.43 Å². The Balaban J connectivity index is 2.68. The van der Waals surface area contributed by atoms with Crippen molar-refractivity contribution in [3.63, 3.8) is 0 Å². The summed E-state index contributed by atoms with van der Waals surface area (Å²) in [6.07, 6.45) is 1.56. The Kier molecular flexibility index (Phi) is 3.97. The first-order chi connectivity index (χ1) is 7.25. The molecule has 4 nitrogen and oxygen atoms in total. The second-order valence-corrected chi connectivity index (χ2v) is 5.98. The van der Waals surface area contributed by atoms with Crippen LogP contribution in [0.25, 0.3) is 0 Å². The molecule has 1 unspecified atom stereocenters. The quantitative estimate of drug-likeness (QED) is 0.712. The zero-order valence-electron chi connectivity index (χ0n) is 10.9. The minimum Gasteiger partial charge on any atom is -0.848 e. The Hall–Kier alpha value is -0.610. The number of amides is 1. The molecule has 94 valence electrons. The highest BCUT2D eigenvalue weighted by Gasteiger charge is 2.37. The monoisotopic (exact) mass is 228 g/mol. The maximum absolute atomic E-state index is 12.0. The fourth-order valence-electron chi connectivity index (χ4n) is 2.16. The minimum absolute atomic E-state index is 0.0371. The number of quaternary nitrogens is 1. The average molecular weight is 228 g/mol. The number of carbonyl (C=O) groups is 1. The molecule has 1 aliphatic heterocycles. The van der Waals surface area contributed by atoms with E-state index in [1.807, 2.05) is 20.8 Å². The lowest BCUT2D eigenvalue weighted by molar-refractivity contribution is -0.957. The molecule has 0 spiro atoms. The van der Waals surface area contributed by atoms with Crippen LogP contribution in [0.1, 0.15) is 40.5 Å². The zero-order valence-corrected chi connectivity index (χ0v) is 10.9. The highest BCUT2D eigenvalue weighted by atomic mass is 16.3. The number of hydrogen-bond donors (Lipinski definition) is 1. The molecule has 16 heavy (non-hydrogen) atoms. The van der Waals surface area contributed by atoms with Crippen molar-refractivity contribution >= 4 is 5.91 Å². The summed E-state index contributed by atoms with van der Waals surface area (Å²) in [6.45, 7) is 9.66. The molecular formula is C12H24N2O2. The first-order valence-electron chi connectivity index (χ1n) is 6.10. The summed E-state index contributed by atoms with van der Waals surface area (Å²) in [5.41, 5.74) is 2.67. The van der Waals surface area contributed by atoms with Crippen molar-refractivity contribution in [3.8, 4) is 0 Å². The third kappa shape index (κ3) is 3.46. The largest absolute Gasteiger partial charge is 0.848 e. The van der Waals surface area contributed by atoms with E-state index in [9.17, 15) is 9.90 Å². The lowest BCUT2D eigenvalue weighted by Crippen LogP contribution is -2.64. The molecule has 0 aliphatic carbocycles. The Labute approximate surface area is 98.2 Å². The topological polar surface area (TPSA) is 52.2 Å². The predicted octanol–water partition coefficient (Wildman–Crippen LogP) is 0.423. The SMILES string of the molecule is CC([O-])C[N+]1(NC(=O)C(C)(C)C)CCCC1. The molecule has 0 radical (unpaired) electrons. The van der Waals surface area contributed by atoms with Gasteiger partial charge in [0.1, 0.15) is 13.1 Å². The van der Waals surface area contributed by atoms with E-state index in [4.69, 9.17) is 0 Å².